The number of aryl methyl sites for hydroxylation is 1. The fourth-order valence-corrected chi connectivity index (χ4v) is 4.28. The van der Waals surface area contributed by atoms with E-state index in [-0.39, 0.29) is 42.3 Å². The topological polar surface area (TPSA) is 114 Å². The number of anilines is 1. The summed E-state index contributed by atoms with van der Waals surface area (Å²) in [7, 11) is -3.64. The molecule has 3 N–H and O–H groups in total. The van der Waals surface area contributed by atoms with E-state index in [4.69, 9.17) is 4.74 Å². The highest BCUT2D eigenvalue weighted by atomic mass is 32.2. The van der Waals surface area contributed by atoms with Crippen molar-refractivity contribution in [2.24, 2.45) is 0 Å². The smallest absolute Gasteiger partial charge is 0.251 e. The third-order valence-corrected chi connectivity index (χ3v) is 6.33. The van der Waals surface area contributed by atoms with Crippen LogP contribution in [-0.2, 0) is 19.6 Å². The summed E-state index contributed by atoms with van der Waals surface area (Å²) < 4.78 is 32.7. The van der Waals surface area contributed by atoms with Crippen LogP contribution in [-0.4, -0.2) is 46.0 Å². The Morgan fingerprint density at radius 1 is 1.13 bits per heavy atom. The third-order valence-electron chi connectivity index (χ3n) is 4.89. The lowest BCUT2D eigenvalue weighted by atomic mass is 10.1. The van der Waals surface area contributed by atoms with E-state index in [0.29, 0.717) is 17.9 Å². The van der Waals surface area contributed by atoms with Gasteiger partial charge in [-0.25, -0.2) is 13.1 Å². The van der Waals surface area contributed by atoms with Crippen molar-refractivity contribution in [1.29, 1.82) is 0 Å². The van der Waals surface area contributed by atoms with Gasteiger partial charge >= 0.3 is 0 Å². The number of hydrogen-bond donors (Lipinski definition) is 3. The van der Waals surface area contributed by atoms with Crippen LogP contribution in [0.2, 0.25) is 0 Å². The summed E-state index contributed by atoms with van der Waals surface area (Å²) in [6.07, 6.45) is 1.80. The van der Waals surface area contributed by atoms with Crippen LogP contribution in [0.3, 0.4) is 0 Å². The maximum absolute atomic E-state index is 12.4. The molecule has 2 amide bonds. The van der Waals surface area contributed by atoms with Crippen molar-refractivity contribution < 1.29 is 22.7 Å². The average Bonchev–Trinajstić information content (AvgIpc) is 3.26. The molecule has 9 heteroatoms. The summed E-state index contributed by atoms with van der Waals surface area (Å²) in [5.74, 6) is -0.516. The predicted molar refractivity (Wildman–Crippen MR) is 117 cm³/mol. The fourth-order valence-electron chi connectivity index (χ4n) is 3.21. The number of ether oxygens (including phenoxy) is 1. The summed E-state index contributed by atoms with van der Waals surface area (Å²) in [5, 5.41) is 5.41. The normalized spacial score (nSPS) is 16.1. The van der Waals surface area contributed by atoms with Crippen LogP contribution in [0.5, 0.6) is 0 Å². The highest BCUT2D eigenvalue weighted by molar-refractivity contribution is 7.89. The highest BCUT2D eigenvalue weighted by Gasteiger charge is 2.20. The minimum absolute atomic E-state index is 0.0836. The SMILES string of the molecule is Cc1cccc(C(=O)NCCC(=O)Nc2ccc(S(=O)(=O)NCC3CCCO3)cc2)c1. The van der Waals surface area contributed by atoms with Gasteiger partial charge < -0.3 is 15.4 Å². The number of hydrogen-bond acceptors (Lipinski definition) is 5. The van der Waals surface area contributed by atoms with Crippen LogP contribution in [0.25, 0.3) is 0 Å². The quantitative estimate of drug-likeness (QED) is 0.548. The molecule has 0 radical (unpaired) electrons. The first-order valence-electron chi connectivity index (χ1n) is 10.2. The maximum atomic E-state index is 12.4. The van der Waals surface area contributed by atoms with Gasteiger partial charge in [0.25, 0.3) is 5.91 Å². The van der Waals surface area contributed by atoms with Gasteiger partial charge in [0.05, 0.1) is 11.0 Å². The van der Waals surface area contributed by atoms with Gasteiger partial charge in [-0.2, -0.15) is 0 Å². The van der Waals surface area contributed by atoms with Crippen molar-refractivity contribution >= 4 is 27.5 Å². The molecule has 1 aliphatic rings. The van der Waals surface area contributed by atoms with Crippen molar-refractivity contribution in [3.8, 4) is 0 Å². The molecular weight excluding hydrogens is 418 g/mol. The Hall–Kier alpha value is -2.75. The molecule has 3 rings (SSSR count). The zero-order valence-electron chi connectivity index (χ0n) is 17.4. The Labute approximate surface area is 182 Å². The van der Waals surface area contributed by atoms with Crippen molar-refractivity contribution in [3.05, 3.63) is 59.7 Å². The minimum Gasteiger partial charge on any atom is -0.377 e. The summed E-state index contributed by atoms with van der Waals surface area (Å²) in [6.45, 7) is 3.00. The summed E-state index contributed by atoms with van der Waals surface area (Å²) >= 11 is 0. The van der Waals surface area contributed by atoms with E-state index in [1.165, 1.54) is 24.3 Å². The van der Waals surface area contributed by atoms with Crippen LogP contribution in [0.4, 0.5) is 5.69 Å². The van der Waals surface area contributed by atoms with Gasteiger partial charge in [-0.15, -0.1) is 0 Å². The summed E-state index contributed by atoms with van der Waals surface area (Å²) in [6, 6.07) is 13.1. The molecule has 1 atom stereocenters. The van der Waals surface area contributed by atoms with E-state index in [2.05, 4.69) is 15.4 Å². The molecule has 2 aromatic rings. The lowest BCUT2D eigenvalue weighted by Gasteiger charge is -2.12. The number of rotatable bonds is 9. The van der Waals surface area contributed by atoms with Crippen molar-refractivity contribution in [1.82, 2.24) is 10.0 Å². The largest absolute Gasteiger partial charge is 0.377 e. The van der Waals surface area contributed by atoms with E-state index in [1.54, 1.807) is 18.2 Å². The Morgan fingerprint density at radius 2 is 1.90 bits per heavy atom. The molecule has 166 valence electrons. The Morgan fingerprint density at radius 3 is 2.58 bits per heavy atom. The Balaban J connectivity index is 1.44. The molecule has 1 aliphatic heterocycles. The van der Waals surface area contributed by atoms with Gasteiger partial charge in [-0.3, -0.25) is 9.59 Å². The molecule has 1 unspecified atom stereocenters. The second kappa shape index (κ2) is 10.5. The lowest BCUT2D eigenvalue weighted by Crippen LogP contribution is -2.31. The van der Waals surface area contributed by atoms with Crippen molar-refractivity contribution in [3.63, 3.8) is 0 Å². The molecule has 8 nitrogen and oxygen atoms in total. The molecule has 0 aromatic heterocycles. The molecule has 1 saturated heterocycles. The molecule has 1 fully saturated rings. The van der Waals surface area contributed by atoms with Crippen LogP contribution in [0.1, 0.15) is 35.2 Å². The highest BCUT2D eigenvalue weighted by Crippen LogP contribution is 2.16. The predicted octanol–water partition coefficient (Wildman–Crippen LogP) is 2.21. The maximum Gasteiger partial charge on any atom is 0.251 e. The number of amides is 2. The Bertz CT molecular complexity index is 1020. The number of nitrogens with one attached hydrogen (secondary N) is 3. The standard InChI is InChI=1S/C22H27N3O5S/c1-16-4-2-5-17(14-16)22(27)23-12-11-21(26)25-18-7-9-20(10-8-18)31(28,29)24-15-19-6-3-13-30-19/h2,4-5,7-10,14,19,24H,3,6,11-13,15H2,1H3,(H,23,27)(H,25,26). The molecule has 1 heterocycles. The van der Waals surface area contributed by atoms with Crippen LogP contribution in [0.15, 0.2) is 53.4 Å². The van der Waals surface area contributed by atoms with Gasteiger partial charge in [0.2, 0.25) is 15.9 Å². The van der Waals surface area contributed by atoms with E-state index in [0.717, 1.165) is 18.4 Å². The van der Waals surface area contributed by atoms with Crippen LogP contribution in [0, 0.1) is 6.92 Å². The molecule has 0 bridgehead atoms. The number of sulfonamides is 1. The van der Waals surface area contributed by atoms with E-state index in [9.17, 15) is 18.0 Å². The summed E-state index contributed by atoms with van der Waals surface area (Å²) in [5.41, 5.74) is 2.01. The number of carbonyl (C=O) groups excluding carboxylic acids is 2. The number of carbonyl (C=O) groups is 2. The molecule has 0 aliphatic carbocycles. The third kappa shape index (κ3) is 6.88. The summed E-state index contributed by atoms with van der Waals surface area (Å²) in [4.78, 5) is 24.3. The van der Waals surface area contributed by atoms with Gasteiger partial charge in [-0.05, 0) is 56.2 Å². The molecular formula is C22H27N3O5S. The van der Waals surface area contributed by atoms with Crippen molar-refractivity contribution in [2.45, 2.75) is 37.2 Å². The first-order valence-corrected chi connectivity index (χ1v) is 11.7. The van der Waals surface area contributed by atoms with Crippen LogP contribution >= 0.6 is 0 Å². The first kappa shape index (κ1) is 22.9. The first-order chi connectivity index (χ1) is 14.8. The second-order valence-electron chi connectivity index (χ2n) is 7.43. The van der Waals surface area contributed by atoms with Gasteiger partial charge in [-0.1, -0.05) is 17.7 Å². The van der Waals surface area contributed by atoms with E-state index < -0.39 is 10.0 Å². The lowest BCUT2D eigenvalue weighted by molar-refractivity contribution is -0.116. The van der Waals surface area contributed by atoms with Crippen molar-refractivity contribution in [2.75, 3.05) is 25.0 Å². The number of benzene rings is 2. The second-order valence-corrected chi connectivity index (χ2v) is 9.20. The van der Waals surface area contributed by atoms with Gasteiger partial charge in [0, 0.05) is 37.4 Å². The molecule has 0 spiro atoms. The zero-order valence-corrected chi connectivity index (χ0v) is 18.2. The fraction of sp³-hybridized carbons (Fsp3) is 0.364. The minimum atomic E-state index is -3.64. The average molecular weight is 446 g/mol. The van der Waals surface area contributed by atoms with E-state index >= 15 is 0 Å². The van der Waals surface area contributed by atoms with Gasteiger partial charge in [0.15, 0.2) is 0 Å². The molecule has 31 heavy (non-hydrogen) atoms. The zero-order chi connectivity index (χ0) is 22.3. The monoisotopic (exact) mass is 445 g/mol. The molecule has 2 aromatic carbocycles. The Kier molecular flexibility index (Phi) is 7.78. The van der Waals surface area contributed by atoms with Crippen LogP contribution < -0.4 is 15.4 Å². The van der Waals surface area contributed by atoms with Gasteiger partial charge in [0.1, 0.15) is 0 Å². The molecule has 0 saturated carbocycles. The van der Waals surface area contributed by atoms with E-state index in [1.807, 2.05) is 13.0 Å².